The molecule has 0 saturated heterocycles. The summed E-state index contributed by atoms with van der Waals surface area (Å²) in [6.07, 6.45) is 7.12. The van der Waals surface area contributed by atoms with Crippen LogP contribution in [0.1, 0.15) is 31.2 Å². The molecule has 0 aliphatic heterocycles. The van der Waals surface area contributed by atoms with Crippen molar-refractivity contribution in [1.82, 2.24) is 19.4 Å². The molecule has 0 bridgehead atoms. The second kappa shape index (κ2) is 6.98. The van der Waals surface area contributed by atoms with E-state index in [-0.39, 0.29) is 5.54 Å². The van der Waals surface area contributed by atoms with E-state index in [4.69, 9.17) is 10.7 Å². The van der Waals surface area contributed by atoms with Gasteiger partial charge in [0.25, 0.3) is 0 Å². The Labute approximate surface area is 167 Å². The lowest BCUT2D eigenvalue weighted by Gasteiger charge is -2.22. The zero-order valence-corrected chi connectivity index (χ0v) is 16.7. The minimum absolute atomic E-state index is 0.101. The van der Waals surface area contributed by atoms with Crippen LogP contribution >= 0.6 is 11.3 Å². The van der Waals surface area contributed by atoms with Crippen LogP contribution in [0.2, 0.25) is 0 Å². The van der Waals surface area contributed by atoms with Gasteiger partial charge in [0, 0.05) is 29.7 Å². The third kappa shape index (κ3) is 3.82. The van der Waals surface area contributed by atoms with E-state index in [1.54, 1.807) is 36.0 Å². The first-order valence-electron chi connectivity index (χ1n) is 8.83. The lowest BCUT2D eigenvalue weighted by atomic mass is 10.1. The molecule has 4 rings (SSSR count). The quantitative estimate of drug-likeness (QED) is 0.507. The highest BCUT2D eigenvalue weighted by Crippen LogP contribution is 2.34. The highest BCUT2D eigenvalue weighted by Gasteiger charge is 2.20. The van der Waals surface area contributed by atoms with Gasteiger partial charge in [0.2, 0.25) is 0 Å². The zero-order valence-electron chi connectivity index (χ0n) is 15.9. The number of hydrogen-bond acceptors (Lipinski definition) is 6. The van der Waals surface area contributed by atoms with E-state index < -0.39 is 0 Å². The minimum atomic E-state index is -0.101. The van der Waals surface area contributed by atoms with E-state index in [9.17, 15) is 0 Å². The third-order valence-electron chi connectivity index (χ3n) is 3.88. The summed E-state index contributed by atoms with van der Waals surface area (Å²) in [4.78, 5) is 15.1. The van der Waals surface area contributed by atoms with Gasteiger partial charge in [-0.2, -0.15) is 0 Å². The van der Waals surface area contributed by atoms with Gasteiger partial charge in [-0.05, 0) is 45.0 Å². The summed E-state index contributed by atoms with van der Waals surface area (Å²) < 4.78 is 2.03. The van der Waals surface area contributed by atoms with Crippen LogP contribution in [0.15, 0.2) is 49.1 Å². The Bertz CT molecular complexity index is 1190. The molecule has 6 nitrogen and oxygen atoms in total. The Morgan fingerprint density at radius 2 is 1.96 bits per heavy atom. The molecule has 3 N–H and O–H groups in total. The molecule has 0 unspecified atom stereocenters. The SMILES string of the molecule is CC(C)(C)Nc1c(-c2ccc(C#Cc3ccc(N)nc3)s2)nc2cnccn12. The van der Waals surface area contributed by atoms with Crippen molar-refractivity contribution in [1.29, 1.82) is 0 Å². The van der Waals surface area contributed by atoms with Gasteiger partial charge in [-0.15, -0.1) is 11.3 Å². The number of anilines is 2. The number of pyridine rings is 1. The standard InChI is InChI=1S/C21H20N6S/c1-21(2,3)26-20-19(25-18-13-23-10-11-27(18)20)16-8-7-15(28-16)6-4-14-5-9-17(22)24-12-14/h5,7-13,26H,1-3H3,(H2,22,24). The van der Waals surface area contributed by atoms with Crippen molar-refractivity contribution in [2.75, 3.05) is 11.1 Å². The van der Waals surface area contributed by atoms with E-state index in [0.29, 0.717) is 5.82 Å². The van der Waals surface area contributed by atoms with Crippen molar-refractivity contribution in [3.05, 3.63) is 59.5 Å². The first-order valence-corrected chi connectivity index (χ1v) is 9.65. The fourth-order valence-electron chi connectivity index (χ4n) is 2.70. The molecule has 0 saturated carbocycles. The Kier molecular flexibility index (Phi) is 4.49. The molecule has 4 aromatic rings. The number of thiophene rings is 1. The Balaban J connectivity index is 1.71. The summed E-state index contributed by atoms with van der Waals surface area (Å²) in [6.45, 7) is 6.38. The van der Waals surface area contributed by atoms with Crippen LogP contribution in [-0.4, -0.2) is 24.9 Å². The molecule has 4 heterocycles. The fourth-order valence-corrected chi connectivity index (χ4v) is 3.55. The molecule has 0 aliphatic rings. The number of imidazole rings is 1. The van der Waals surface area contributed by atoms with Crippen LogP contribution in [0.25, 0.3) is 16.2 Å². The number of rotatable bonds is 2. The molecule has 0 radical (unpaired) electrons. The summed E-state index contributed by atoms with van der Waals surface area (Å²) in [5.74, 6) is 7.76. The molecular weight excluding hydrogens is 368 g/mol. The van der Waals surface area contributed by atoms with E-state index in [2.05, 4.69) is 54.0 Å². The van der Waals surface area contributed by atoms with Crippen LogP contribution in [0.3, 0.4) is 0 Å². The third-order valence-corrected chi connectivity index (χ3v) is 4.89. The highest BCUT2D eigenvalue weighted by atomic mass is 32.1. The smallest absolute Gasteiger partial charge is 0.157 e. The molecule has 0 atom stereocenters. The summed E-state index contributed by atoms with van der Waals surface area (Å²) in [7, 11) is 0. The molecule has 0 amide bonds. The normalized spacial score (nSPS) is 11.2. The predicted octanol–water partition coefficient (Wildman–Crippen LogP) is 4.05. The van der Waals surface area contributed by atoms with Gasteiger partial charge < -0.3 is 11.1 Å². The number of nitrogens with two attached hydrogens (primary N) is 1. The first kappa shape index (κ1) is 18.0. The van der Waals surface area contributed by atoms with Gasteiger partial charge >= 0.3 is 0 Å². The van der Waals surface area contributed by atoms with Crippen LogP contribution in [0.5, 0.6) is 0 Å². The molecule has 4 aromatic heterocycles. The van der Waals surface area contributed by atoms with E-state index in [1.165, 1.54) is 0 Å². The molecule has 0 aromatic carbocycles. The van der Waals surface area contributed by atoms with Crippen molar-refractivity contribution in [2.45, 2.75) is 26.3 Å². The largest absolute Gasteiger partial charge is 0.384 e. The van der Waals surface area contributed by atoms with Crippen molar-refractivity contribution in [2.24, 2.45) is 0 Å². The average molecular weight is 389 g/mol. The summed E-state index contributed by atoms with van der Waals surface area (Å²) in [5.41, 5.74) is 8.05. The van der Waals surface area contributed by atoms with E-state index >= 15 is 0 Å². The predicted molar refractivity (Wildman–Crippen MR) is 114 cm³/mol. The van der Waals surface area contributed by atoms with E-state index in [0.717, 1.165) is 32.5 Å². The van der Waals surface area contributed by atoms with Crippen LogP contribution in [0.4, 0.5) is 11.6 Å². The van der Waals surface area contributed by atoms with Crippen molar-refractivity contribution in [3.63, 3.8) is 0 Å². The van der Waals surface area contributed by atoms with E-state index in [1.807, 2.05) is 22.7 Å². The van der Waals surface area contributed by atoms with Gasteiger partial charge in [0.05, 0.1) is 16.0 Å². The second-order valence-electron chi connectivity index (χ2n) is 7.37. The van der Waals surface area contributed by atoms with Gasteiger partial charge in [-0.25, -0.2) is 9.97 Å². The Morgan fingerprint density at radius 1 is 1.11 bits per heavy atom. The maximum atomic E-state index is 5.61. The molecule has 0 aliphatic carbocycles. The molecule has 0 fully saturated rings. The second-order valence-corrected chi connectivity index (χ2v) is 8.46. The number of aromatic nitrogens is 4. The van der Waals surface area contributed by atoms with Gasteiger partial charge in [0.1, 0.15) is 17.3 Å². The fraction of sp³-hybridized carbons (Fsp3) is 0.190. The molecule has 7 heteroatoms. The summed E-state index contributed by atoms with van der Waals surface area (Å²) >= 11 is 1.61. The number of nitrogen functional groups attached to an aromatic ring is 1. The topological polar surface area (TPSA) is 81.1 Å². The minimum Gasteiger partial charge on any atom is -0.384 e. The molecule has 28 heavy (non-hydrogen) atoms. The molecule has 0 spiro atoms. The van der Waals surface area contributed by atoms with Crippen LogP contribution in [0, 0.1) is 11.8 Å². The Morgan fingerprint density at radius 3 is 2.71 bits per heavy atom. The molecular formula is C21H20N6S. The van der Waals surface area contributed by atoms with Crippen molar-refractivity contribution < 1.29 is 0 Å². The maximum Gasteiger partial charge on any atom is 0.157 e. The maximum absolute atomic E-state index is 5.61. The zero-order chi connectivity index (χ0) is 19.7. The van der Waals surface area contributed by atoms with Gasteiger partial charge in [0.15, 0.2) is 5.65 Å². The lowest BCUT2D eigenvalue weighted by Crippen LogP contribution is -2.27. The molecule has 140 valence electrons. The summed E-state index contributed by atoms with van der Waals surface area (Å²) in [6, 6.07) is 7.68. The first-order chi connectivity index (χ1) is 13.4. The number of hydrogen-bond donors (Lipinski definition) is 2. The monoisotopic (exact) mass is 388 g/mol. The van der Waals surface area contributed by atoms with Gasteiger partial charge in [-0.1, -0.05) is 11.8 Å². The van der Waals surface area contributed by atoms with Crippen molar-refractivity contribution in [3.8, 4) is 22.4 Å². The lowest BCUT2D eigenvalue weighted by molar-refractivity contribution is 0.629. The van der Waals surface area contributed by atoms with Crippen molar-refractivity contribution >= 4 is 28.6 Å². The number of nitrogens with zero attached hydrogens (tertiary/aromatic N) is 4. The average Bonchev–Trinajstić information content (AvgIpc) is 3.25. The van der Waals surface area contributed by atoms with Crippen LogP contribution in [-0.2, 0) is 0 Å². The number of nitrogens with one attached hydrogen (secondary N) is 1. The summed E-state index contributed by atoms with van der Waals surface area (Å²) in [5, 5.41) is 3.57. The Hall–Kier alpha value is -3.37. The van der Waals surface area contributed by atoms with Crippen LogP contribution < -0.4 is 11.1 Å². The van der Waals surface area contributed by atoms with Gasteiger partial charge in [-0.3, -0.25) is 9.38 Å². The number of fused-ring (bicyclic) bond motifs is 1. The highest BCUT2D eigenvalue weighted by molar-refractivity contribution is 7.16.